The lowest BCUT2D eigenvalue weighted by Crippen LogP contribution is -2.33. The first-order chi connectivity index (χ1) is 14.5. The lowest BCUT2D eigenvalue weighted by atomic mass is 9.89. The average Bonchev–Trinajstić information content (AvgIpc) is 3.14. The maximum Gasteiger partial charge on any atom is 0.323 e. The zero-order valence-corrected chi connectivity index (χ0v) is 18.4. The normalized spacial score (nSPS) is 15.3. The van der Waals surface area contributed by atoms with Crippen LogP contribution in [0.15, 0.2) is 57.8 Å². The number of nitrogens with zero attached hydrogens (tertiary/aromatic N) is 1. The molecule has 6 nitrogen and oxygen atoms in total. The number of hydrogen-bond acceptors (Lipinski definition) is 4. The van der Waals surface area contributed by atoms with Gasteiger partial charge in [0.25, 0.3) is 0 Å². The van der Waals surface area contributed by atoms with Crippen LogP contribution in [-0.4, -0.2) is 40.9 Å². The quantitative estimate of drug-likeness (QED) is 0.533. The summed E-state index contributed by atoms with van der Waals surface area (Å²) in [7, 11) is 1.58. The van der Waals surface area contributed by atoms with Crippen LogP contribution in [-0.2, 0) is 6.54 Å². The highest BCUT2D eigenvalue weighted by molar-refractivity contribution is 9.10. The van der Waals surface area contributed by atoms with Crippen LogP contribution in [0.2, 0.25) is 0 Å². The zero-order valence-electron chi connectivity index (χ0n) is 16.8. The number of likely N-dealkylation sites (tertiary alicyclic amines) is 1. The van der Waals surface area contributed by atoms with E-state index in [0.29, 0.717) is 35.2 Å². The van der Waals surface area contributed by atoms with E-state index in [9.17, 15) is 9.59 Å². The van der Waals surface area contributed by atoms with Crippen molar-refractivity contribution in [3.05, 3.63) is 86.0 Å². The number of imidazole rings is 1. The molecule has 0 atom stereocenters. The Morgan fingerprint density at radius 2 is 1.80 bits per heavy atom. The Balaban J connectivity index is 1.45. The van der Waals surface area contributed by atoms with Gasteiger partial charge in [-0.25, -0.2) is 4.79 Å². The molecule has 1 saturated heterocycles. The molecule has 2 heterocycles. The molecule has 0 unspecified atom stereocenters. The monoisotopic (exact) mass is 469 g/mol. The van der Waals surface area contributed by atoms with Crippen molar-refractivity contribution >= 4 is 21.7 Å². The zero-order chi connectivity index (χ0) is 21.1. The van der Waals surface area contributed by atoms with Gasteiger partial charge >= 0.3 is 5.69 Å². The molecule has 30 heavy (non-hydrogen) atoms. The molecule has 1 fully saturated rings. The SMILES string of the molecule is COc1ccc(C(=O)c2[nH]c(=O)[nH]c2CN2CCC(c3ccccc3Br)CC2)cc1. The predicted molar refractivity (Wildman–Crippen MR) is 119 cm³/mol. The molecule has 0 saturated carbocycles. The van der Waals surface area contributed by atoms with Gasteiger partial charge in [-0.3, -0.25) is 9.69 Å². The van der Waals surface area contributed by atoms with E-state index in [2.05, 4.69) is 49.0 Å². The summed E-state index contributed by atoms with van der Waals surface area (Å²) in [5, 5.41) is 0. The smallest absolute Gasteiger partial charge is 0.323 e. The van der Waals surface area contributed by atoms with Crippen LogP contribution in [0.5, 0.6) is 5.75 Å². The van der Waals surface area contributed by atoms with Gasteiger partial charge in [-0.15, -0.1) is 0 Å². The second-order valence-electron chi connectivity index (χ2n) is 7.56. The summed E-state index contributed by atoms with van der Waals surface area (Å²) in [6, 6.07) is 15.3. The first-order valence-electron chi connectivity index (χ1n) is 10.0. The van der Waals surface area contributed by atoms with Gasteiger partial charge < -0.3 is 14.7 Å². The summed E-state index contributed by atoms with van der Waals surface area (Å²) < 4.78 is 6.30. The van der Waals surface area contributed by atoms with Crippen molar-refractivity contribution in [1.82, 2.24) is 14.9 Å². The second kappa shape index (κ2) is 9.02. The fraction of sp³-hybridized carbons (Fsp3) is 0.304. The molecule has 4 rings (SSSR count). The average molecular weight is 470 g/mol. The van der Waals surface area contributed by atoms with E-state index in [-0.39, 0.29) is 11.5 Å². The predicted octanol–water partition coefficient (Wildman–Crippen LogP) is 4.08. The highest BCUT2D eigenvalue weighted by Gasteiger charge is 2.24. The number of carbonyl (C=O) groups excluding carboxylic acids is 1. The Kier molecular flexibility index (Phi) is 6.20. The number of nitrogens with one attached hydrogen (secondary N) is 2. The van der Waals surface area contributed by atoms with Crippen molar-refractivity contribution in [3.8, 4) is 5.75 Å². The highest BCUT2D eigenvalue weighted by Crippen LogP contribution is 2.33. The molecule has 0 radical (unpaired) electrons. The van der Waals surface area contributed by atoms with Crippen molar-refractivity contribution in [2.75, 3.05) is 20.2 Å². The van der Waals surface area contributed by atoms with Crippen molar-refractivity contribution in [3.63, 3.8) is 0 Å². The maximum atomic E-state index is 12.9. The van der Waals surface area contributed by atoms with Gasteiger partial charge in [0, 0.05) is 16.6 Å². The van der Waals surface area contributed by atoms with Gasteiger partial charge in [-0.05, 0) is 67.7 Å². The van der Waals surface area contributed by atoms with Crippen LogP contribution in [0.1, 0.15) is 46.1 Å². The molecule has 1 aliphatic heterocycles. The molecular weight excluding hydrogens is 446 g/mol. The Hall–Kier alpha value is -2.64. The largest absolute Gasteiger partial charge is 0.497 e. The third kappa shape index (κ3) is 4.42. The minimum Gasteiger partial charge on any atom is -0.497 e. The Labute approximate surface area is 183 Å². The summed E-state index contributed by atoms with van der Waals surface area (Å²) in [5.41, 5.74) is 2.48. The first-order valence-corrected chi connectivity index (χ1v) is 10.8. The van der Waals surface area contributed by atoms with Crippen LogP contribution >= 0.6 is 15.9 Å². The second-order valence-corrected chi connectivity index (χ2v) is 8.42. The molecule has 2 N–H and O–H groups in total. The Morgan fingerprint density at radius 1 is 1.10 bits per heavy atom. The number of halogens is 1. The van der Waals surface area contributed by atoms with Crippen LogP contribution < -0.4 is 10.4 Å². The standard InChI is InChI=1S/C23H24BrN3O3/c1-30-17-8-6-16(7-9-17)22(28)21-20(25-23(29)26-21)14-27-12-10-15(11-13-27)18-4-2-3-5-19(18)24/h2-9,15H,10-14H2,1H3,(H2,25,26,29). The van der Waals surface area contributed by atoms with Gasteiger partial charge in [0.05, 0.1) is 12.8 Å². The van der Waals surface area contributed by atoms with Crippen molar-refractivity contribution in [1.29, 1.82) is 0 Å². The third-order valence-electron chi connectivity index (χ3n) is 5.70. The van der Waals surface area contributed by atoms with Gasteiger partial charge in [-0.1, -0.05) is 34.1 Å². The number of H-pyrrole nitrogens is 2. The fourth-order valence-corrected chi connectivity index (χ4v) is 4.66. The lowest BCUT2D eigenvalue weighted by molar-refractivity contribution is 0.103. The minimum absolute atomic E-state index is 0.200. The van der Waals surface area contributed by atoms with Crippen molar-refractivity contribution < 1.29 is 9.53 Å². The molecule has 156 valence electrons. The van der Waals surface area contributed by atoms with Gasteiger partial charge in [0.15, 0.2) is 0 Å². The van der Waals surface area contributed by atoms with Crippen LogP contribution in [0.4, 0.5) is 0 Å². The molecule has 0 spiro atoms. The number of benzene rings is 2. The lowest BCUT2D eigenvalue weighted by Gasteiger charge is -2.32. The number of hydrogen-bond donors (Lipinski definition) is 2. The maximum absolute atomic E-state index is 12.9. The van der Waals surface area contributed by atoms with Crippen molar-refractivity contribution in [2.45, 2.75) is 25.3 Å². The first kappa shape index (κ1) is 20.6. The van der Waals surface area contributed by atoms with Gasteiger partial charge in [-0.2, -0.15) is 0 Å². The molecule has 2 aromatic carbocycles. The summed E-state index contributed by atoms with van der Waals surface area (Å²) in [6.45, 7) is 2.36. The fourth-order valence-electron chi connectivity index (χ4n) is 4.05. The molecule has 7 heteroatoms. The molecular formula is C23H24BrN3O3. The molecule has 1 aromatic heterocycles. The van der Waals surface area contributed by atoms with Gasteiger partial charge in [0.2, 0.25) is 5.78 Å². The van der Waals surface area contributed by atoms with E-state index in [1.54, 1.807) is 31.4 Å². The number of carbonyl (C=O) groups is 1. The summed E-state index contributed by atoms with van der Waals surface area (Å²) in [6.07, 6.45) is 2.08. The Morgan fingerprint density at radius 3 is 2.47 bits per heavy atom. The van der Waals surface area contributed by atoms with E-state index in [1.165, 1.54) is 5.56 Å². The van der Waals surface area contributed by atoms with E-state index in [1.807, 2.05) is 6.07 Å². The van der Waals surface area contributed by atoms with E-state index in [4.69, 9.17) is 4.74 Å². The third-order valence-corrected chi connectivity index (χ3v) is 6.42. The molecule has 1 aliphatic rings. The van der Waals surface area contributed by atoms with E-state index in [0.717, 1.165) is 30.4 Å². The van der Waals surface area contributed by atoms with Crippen LogP contribution in [0.3, 0.4) is 0 Å². The van der Waals surface area contributed by atoms with Crippen LogP contribution in [0, 0.1) is 0 Å². The van der Waals surface area contributed by atoms with E-state index < -0.39 is 0 Å². The topological polar surface area (TPSA) is 78.2 Å². The number of rotatable bonds is 6. The molecule has 3 aromatic rings. The van der Waals surface area contributed by atoms with Crippen LogP contribution in [0.25, 0.3) is 0 Å². The Bertz CT molecular complexity index is 1080. The number of ether oxygens (including phenoxy) is 1. The summed E-state index contributed by atoms with van der Waals surface area (Å²) in [4.78, 5) is 32.7. The molecule has 0 bridgehead atoms. The number of aromatic amines is 2. The highest BCUT2D eigenvalue weighted by atomic mass is 79.9. The number of piperidine rings is 1. The summed E-state index contributed by atoms with van der Waals surface area (Å²) >= 11 is 3.66. The van der Waals surface area contributed by atoms with Crippen molar-refractivity contribution in [2.24, 2.45) is 0 Å². The number of aromatic nitrogens is 2. The number of ketones is 1. The summed E-state index contributed by atoms with van der Waals surface area (Å²) in [5.74, 6) is 0.999. The minimum atomic E-state index is -0.357. The van der Waals surface area contributed by atoms with Gasteiger partial charge in [0.1, 0.15) is 11.4 Å². The van der Waals surface area contributed by atoms with E-state index >= 15 is 0 Å². The molecule has 0 aliphatic carbocycles. The molecule has 0 amide bonds. The number of methoxy groups -OCH3 is 1.